The van der Waals surface area contributed by atoms with E-state index >= 15 is 0 Å². The number of aryl methyl sites for hydroxylation is 2. The Hall–Kier alpha value is -3.22. The Morgan fingerprint density at radius 3 is 2.39 bits per heavy atom. The molecule has 0 aliphatic heterocycles. The topological polar surface area (TPSA) is 84.5 Å². The molecule has 2 aromatic carbocycles. The first-order valence-electron chi connectivity index (χ1n) is 8.88. The highest BCUT2D eigenvalue weighted by Gasteiger charge is 2.17. The van der Waals surface area contributed by atoms with Crippen LogP contribution in [0.5, 0.6) is 5.75 Å². The van der Waals surface area contributed by atoms with E-state index in [1.54, 1.807) is 18.2 Å². The third kappa shape index (κ3) is 5.90. The van der Waals surface area contributed by atoms with E-state index in [1.807, 2.05) is 19.9 Å². The van der Waals surface area contributed by atoms with E-state index in [4.69, 9.17) is 4.74 Å². The number of rotatable bonds is 7. The zero-order valence-electron chi connectivity index (χ0n) is 16.0. The molecule has 28 heavy (non-hydrogen) atoms. The third-order valence-corrected chi connectivity index (χ3v) is 4.24. The number of carbonyl (C=O) groups is 3. The van der Waals surface area contributed by atoms with Crippen LogP contribution >= 0.6 is 0 Å². The first kappa shape index (κ1) is 21.1. The summed E-state index contributed by atoms with van der Waals surface area (Å²) < 4.78 is 18.8. The van der Waals surface area contributed by atoms with Gasteiger partial charge in [0.25, 0.3) is 5.91 Å². The summed E-state index contributed by atoms with van der Waals surface area (Å²) in [5.74, 6) is -1.95. The number of ether oxygens (including phenoxy) is 1. The van der Waals surface area contributed by atoms with Crippen molar-refractivity contribution in [2.45, 2.75) is 39.7 Å². The number of halogens is 1. The highest BCUT2D eigenvalue weighted by Crippen LogP contribution is 2.17. The van der Waals surface area contributed by atoms with Crippen LogP contribution in [0.3, 0.4) is 0 Å². The maximum absolute atomic E-state index is 13.5. The summed E-state index contributed by atoms with van der Waals surface area (Å²) in [5.41, 5.74) is 7.07. The largest absolute Gasteiger partial charge is 0.478 e. The van der Waals surface area contributed by atoms with Gasteiger partial charge in [0.05, 0.1) is 0 Å². The number of hydrogen-bond donors (Lipinski definition) is 2. The molecule has 1 atom stereocenters. The molecule has 2 amide bonds. The lowest BCUT2D eigenvalue weighted by Gasteiger charge is -2.15. The maximum atomic E-state index is 13.5. The van der Waals surface area contributed by atoms with Gasteiger partial charge in [-0.1, -0.05) is 24.3 Å². The Morgan fingerprint density at radius 2 is 1.71 bits per heavy atom. The van der Waals surface area contributed by atoms with Gasteiger partial charge in [-0.25, -0.2) is 4.39 Å². The summed E-state index contributed by atoms with van der Waals surface area (Å²) in [5, 5.41) is 0. The summed E-state index contributed by atoms with van der Waals surface area (Å²) in [6, 6.07) is 11.1. The first-order valence-corrected chi connectivity index (χ1v) is 8.88. The van der Waals surface area contributed by atoms with E-state index < -0.39 is 23.7 Å². The number of benzene rings is 2. The van der Waals surface area contributed by atoms with Crippen molar-refractivity contribution in [3.63, 3.8) is 0 Å². The molecule has 0 aliphatic carbocycles. The molecule has 0 bridgehead atoms. The zero-order valence-corrected chi connectivity index (χ0v) is 16.0. The molecule has 2 aromatic rings. The van der Waals surface area contributed by atoms with E-state index in [1.165, 1.54) is 25.1 Å². The molecule has 6 nitrogen and oxygen atoms in total. The smallest absolute Gasteiger partial charge is 0.279 e. The fourth-order valence-electron chi connectivity index (χ4n) is 2.37. The Morgan fingerprint density at radius 1 is 1.00 bits per heavy atom. The molecule has 0 heterocycles. The van der Waals surface area contributed by atoms with Gasteiger partial charge in [-0.3, -0.25) is 25.2 Å². The summed E-state index contributed by atoms with van der Waals surface area (Å²) in [7, 11) is 0. The zero-order chi connectivity index (χ0) is 20.7. The second-order valence-electron chi connectivity index (χ2n) is 6.45. The number of hydrazine groups is 1. The Kier molecular flexibility index (Phi) is 7.26. The molecule has 0 saturated heterocycles. The van der Waals surface area contributed by atoms with Crippen LogP contribution in [-0.2, 0) is 9.59 Å². The van der Waals surface area contributed by atoms with Gasteiger partial charge in [0.2, 0.25) is 5.91 Å². The number of Topliss-reactive ketones (excluding diaryl/α,β-unsaturated/α-hetero) is 1. The van der Waals surface area contributed by atoms with Crippen LogP contribution in [0.25, 0.3) is 0 Å². The molecular weight excluding hydrogens is 363 g/mol. The average Bonchev–Trinajstić information content (AvgIpc) is 2.67. The molecule has 2 rings (SSSR count). The molecule has 0 fully saturated rings. The summed E-state index contributed by atoms with van der Waals surface area (Å²) in [4.78, 5) is 36.0. The fourth-order valence-corrected chi connectivity index (χ4v) is 2.37. The molecule has 7 heteroatoms. The molecular formula is C21H23FN2O4. The molecule has 0 aliphatic rings. The van der Waals surface area contributed by atoms with Crippen molar-refractivity contribution in [2.24, 2.45) is 0 Å². The Balaban J connectivity index is 1.76. The van der Waals surface area contributed by atoms with Crippen LogP contribution in [0.2, 0.25) is 0 Å². The molecule has 0 aromatic heterocycles. The number of hydrogen-bond acceptors (Lipinski definition) is 4. The standard InChI is InChI=1S/C21H23FN2O4/c1-13-8-9-16(12-14(13)2)18(25)10-11-20(26)23-24-21(27)15(3)28-19-7-5-4-6-17(19)22/h4-9,12,15H,10-11H2,1-3H3,(H,23,26)(H,24,27)/t15-/m0/s1. The number of carbonyl (C=O) groups excluding carboxylic acids is 3. The van der Waals surface area contributed by atoms with Crippen LogP contribution in [0.4, 0.5) is 4.39 Å². The summed E-state index contributed by atoms with van der Waals surface area (Å²) in [6.07, 6.45) is -1.07. The monoisotopic (exact) mass is 386 g/mol. The molecule has 2 N–H and O–H groups in total. The van der Waals surface area contributed by atoms with Crippen molar-refractivity contribution in [2.75, 3.05) is 0 Å². The summed E-state index contributed by atoms with van der Waals surface area (Å²) in [6.45, 7) is 5.30. The number of nitrogens with one attached hydrogen (secondary N) is 2. The highest BCUT2D eigenvalue weighted by atomic mass is 19.1. The van der Waals surface area contributed by atoms with Crippen LogP contribution in [0.15, 0.2) is 42.5 Å². The van der Waals surface area contributed by atoms with E-state index in [2.05, 4.69) is 10.9 Å². The van der Waals surface area contributed by atoms with Crippen molar-refractivity contribution in [3.05, 3.63) is 65.0 Å². The SMILES string of the molecule is Cc1ccc(C(=O)CCC(=O)NNC(=O)[C@H](C)Oc2ccccc2F)cc1C. The van der Waals surface area contributed by atoms with Gasteiger partial charge in [-0.05, 0) is 50.1 Å². The maximum Gasteiger partial charge on any atom is 0.279 e. The van der Waals surface area contributed by atoms with Crippen LogP contribution < -0.4 is 15.6 Å². The predicted molar refractivity (Wildman–Crippen MR) is 102 cm³/mol. The van der Waals surface area contributed by atoms with Crippen LogP contribution in [0.1, 0.15) is 41.3 Å². The van der Waals surface area contributed by atoms with Crippen LogP contribution in [0, 0.1) is 19.7 Å². The Bertz CT molecular complexity index is 882. The van der Waals surface area contributed by atoms with Gasteiger partial charge in [-0.15, -0.1) is 0 Å². The van der Waals surface area contributed by atoms with E-state index in [-0.39, 0.29) is 24.4 Å². The second-order valence-corrected chi connectivity index (χ2v) is 6.45. The lowest BCUT2D eigenvalue weighted by molar-refractivity contribution is -0.132. The highest BCUT2D eigenvalue weighted by molar-refractivity contribution is 5.98. The van der Waals surface area contributed by atoms with Gasteiger partial charge < -0.3 is 4.74 Å². The minimum absolute atomic E-state index is 0.0193. The van der Waals surface area contributed by atoms with Crippen molar-refractivity contribution in [3.8, 4) is 5.75 Å². The van der Waals surface area contributed by atoms with Crippen molar-refractivity contribution >= 4 is 17.6 Å². The summed E-state index contributed by atoms with van der Waals surface area (Å²) >= 11 is 0. The lowest BCUT2D eigenvalue weighted by Crippen LogP contribution is -2.47. The molecule has 0 spiro atoms. The fraction of sp³-hybridized carbons (Fsp3) is 0.286. The van der Waals surface area contributed by atoms with Gasteiger partial charge in [0.1, 0.15) is 0 Å². The molecule has 0 unspecified atom stereocenters. The van der Waals surface area contributed by atoms with Gasteiger partial charge in [0.15, 0.2) is 23.5 Å². The van der Waals surface area contributed by atoms with Gasteiger partial charge >= 0.3 is 0 Å². The second kappa shape index (κ2) is 9.64. The molecule has 148 valence electrons. The number of ketones is 1. The lowest BCUT2D eigenvalue weighted by atomic mass is 10.0. The van der Waals surface area contributed by atoms with Crippen molar-refractivity contribution < 1.29 is 23.5 Å². The third-order valence-electron chi connectivity index (χ3n) is 4.24. The minimum Gasteiger partial charge on any atom is -0.478 e. The van der Waals surface area contributed by atoms with Crippen molar-refractivity contribution in [1.82, 2.24) is 10.9 Å². The average molecular weight is 386 g/mol. The minimum atomic E-state index is -1.02. The van der Waals surface area contributed by atoms with Gasteiger partial charge in [0, 0.05) is 18.4 Å². The van der Waals surface area contributed by atoms with E-state index in [0.29, 0.717) is 5.56 Å². The van der Waals surface area contributed by atoms with Gasteiger partial charge in [-0.2, -0.15) is 0 Å². The molecule has 0 saturated carbocycles. The normalized spacial score (nSPS) is 11.4. The first-order chi connectivity index (χ1) is 13.3. The number of para-hydroxylation sites is 1. The quantitative estimate of drug-likeness (QED) is 0.566. The van der Waals surface area contributed by atoms with E-state index in [9.17, 15) is 18.8 Å². The van der Waals surface area contributed by atoms with E-state index in [0.717, 1.165) is 11.1 Å². The molecule has 0 radical (unpaired) electrons. The van der Waals surface area contributed by atoms with Crippen LogP contribution in [-0.4, -0.2) is 23.7 Å². The Labute approximate surface area is 163 Å². The predicted octanol–water partition coefficient (Wildman–Crippen LogP) is 3.02. The van der Waals surface area contributed by atoms with Crippen molar-refractivity contribution in [1.29, 1.82) is 0 Å². The number of amides is 2.